The smallest absolute Gasteiger partial charge is 0.306 e. The van der Waals surface area contributed by atoms with Crippen molar-refractivity contribution in [3.05, 3.63) is 0 Å². The highest BCUT2D eigenvalue weighted by atomic mass is 16.4. The van der Waals surface area contributed by atoms with Crippen LogP contribution < -0.4 is 10.6 Å². The Bertz CT molecular complexity index is 323. The topological polar surface area (TPSA) is 78.4 Å². The van der Waals surface area contributed by atoms with Crippen LogP contribution in [-0.2, 0) is 9.59 Å². The van der Waals surface area contributed by atoms with Gasteiger partial charge in [-0.2, -0.15) is 0 Å². The average Bonchev–Trinajstić information content (AvgIpc) is 2.84. The highest BCUT2D eigenvalue weighted by molar-refractivity contribution is 5.83. The Hall–Kier alpha value is -1.10. The zero-order chi connectivity index (χ0) is 14.5. The molecule has 1 heterocycles. The number of hydrogen-bond donors (Lipinski definition) is 3. The molecular weight excluding hydrogens is 244 g/mol. The lowest BCUT2D eigenvalue weighted by atomic mass is 9.75. The summed E-state index contributed by atoms with van der Waals surface area (Å²) in [6, 6.07) is 0. The van der Waals surface area contributed by atoms with Crippen molar-refractivity contribution in [3.8, 4) is 0 Å². The predicted octanol–water partition coefficient (Wildman–Crippen LogP) is 1.24. The fourth-order valence-corrected chi connectivity index (χ4v) is 2.57. The van der Waals surface area contributed by atoms with Crippen LogP contribution in [-0.4, -0.2) is 36.6 Å². The maximum absolute atomic E-state index is 12.3. The van der Waals surface area contributed by atoms with Crippen LogP contribution in [0, 0.1) is 17.3 Å². The summed E-state index contributed by atoms with van der Waals surface area (Å²) in [5.41, 5.74) is -0.293. The molecule has 0 bridgehead atoms. The van der Waals surface area contributed by atoms with Gasteiger partial charge in [0, 0.05) is 13.1 Å². The van der Waals surface area contributed by atoms with Crippen LogP contribution in [0.4, 0.5) is 0 Å². The number of hydrogen-bond acceptors (Lipinski definition) is 3. The lowest BCUT2D eigenvalue weighted by molar-refractivity contribution is -0.141. The molecule has 1 aliphatic heterocycles. The SMILES string of the molecule is CC(CCCNC(=O)C1(C(C)C)CCNC1)C(=O)O. The fourth-order valence-electron chi connectivity index (χ4n) is 2.57. The molecule has 0 aromatic carbocycles. The van der Waals surface area contributed by atoms with Crippen LogP contribution in [0.25, 0.3) is 0 Å². The summed E-state index contributed by atoms with van der Waals surface area (Å²) >= 11 is 0. The minimum Gasteiger partial charge on any atom is -0.481 e. The van der Waals surface area contributed by atoms with Gasteiger partial charge >= 0.3 is 5.97 Å². The molecule has 5 heteroatoms. The van der Waals surface area contributed by atoms with Gasteiger partial charge in [-0.05, 0) is 31.7 Å². The number of nitrogens with one attached hydrogen (secondary N) is 2. The van der Waals surface area contributed by atoms with Gasteiger partial charge in [-0.25, -0.2) is 0 Å². The van der Waals surface area contributed by atoms with Gasteiger partial charge < -0.3 is 15.7 Å². The van der Waals surface area contributed by atoms with Crippen molar-refractivity contribution in [1.29, 1.82) is 0 Å². The third-order valence-electron chi connectivity index (χ3n) is 4.27. The summed E-state index contributed by atoms with van der Waals surface area (Å²) < 4.78 is 0. The number of rotatable bonds is 7. The van der Waals surface area contributed by atoms with Crippen molar-refractivity contribution in [2.45, 2.75) is 40.0 Å². The van der Waals surface area contributed by atoms with E-state index in [1.165, 1.54) is 0 Å². The molecule has 0 aromatic rings. The second-order valence-corrected chi connectivity index (χ2v) is 5.88. The van der Waals surface area contributed by atoms with Gasteiger partial charge in [0.2, 0.25) is 5.91 Å². The van der Waals surface area contributed by atoms with Gasteiger partial charge in [0.25, 0.3) is 0 Å². The molecule has 0 aromatic heterocycles. The van der Waals surface area contributed by atoms with Crippen molar-refractivity contribution in [3.63, 3.8) is 0 Å². The Balaban J connectivity index is 2.36. The maximum Gasteiger partial charge on any atom is 0.306 e. The first-order chi connectivity index (χ1) is 8.90. The normalized spacial score (nSPS) is 24.4. The van der Waals surface area contributed by atoms with E-state index >= 15 is 0 Å². The Morgan fingerprint density at radius 3 is 2.53 bits per heavy atom. The Labute approximate surface area is 115 Å². The van der Waals surface area contributed by atoms with Crippen molar-refractivity contribution >= 4 is 11.9 Å². The molecule has 3 N–H and O–H groups in total. The van der Waals surface area contributed by atoms with E-state index in [9.17, 15) is 9.59 Å². The van der Waals surface area contributed by atoms with Crippen LogP contribution in [0.2, 0.25) is 0 Å². The molecule has 0 aliphatic carbocycles. The molecule has 0 saturated carbocycles. The Morgan fingerprint density at radius 2 is 2.05 bits per heavy atom. The summed E-state index contributed by atoms with van der Waals surface area (Å²) in [5, 5.41) is 15.0. The van der Waals surface area contributed by atoms with Gasteiger partial charge in [0.1, 0.15) is 0 Å². The van der Waals surface area contributed by atoms with Crippen LogP contribution >= 0.6 is 0 Å². The quantitative estimate of drug-likeness (QED) is 0.608. The lowest BCUT2D eigenvalue weighted by Gasteiger charge is -2.31. The molecule has 1 fully saturated rings. The fraction of sp³-hybridized carbons (Fsp3) is 0.857. The van der Waals surface area contributed by atoms with Crippen LogP contribution in [0.1, 0.15) is 40.0 Å². The average molecular weight is 270 g/mol. The Morgan fingerprint density at radius 1 is 1.37 bits per heavy atom. The molecule has 2 unspecified atom stereocenters. The monoisotopic (exact) mass is 270 g/mol. The highest BCUT2D eigenvalue weighted by Gasteiger charge is 2.43. The highest BCUT2D eigenvalue weighted by Crippen LogP contribution is 2.34. The molecule has 1 aliphatic rings. The number of carboxylic acid groups (broad SMARTS) is 1. The predicted molar refractivity (Wildman–Crippen MR) is 73.8 cm³/mol. The van der Waals surface area contributed by atoms with Crippen molar-refractivity contribution < 1.29 is 14.7 Å². The summed E-state index contributed by atoms with van der Waals surface area (Å²) in [5.74, 6) is -0.704. The number of aliphatic carboxylic acids is 1. The molecule has 1 amide bonds. The van der Waals surface area contributed by atoms with E-state index in [1.54, 1.807) is 6.92 Å². The molecule has 0 radical (unpaired) electrons. The standard InChI is InChI=1S/C14H26N2O3/c1-10(2)14(6-8-15-9-14)13(19)16-7-4-5-11(3)12(17)18/h10-11,15H,4-9H2,1-3H3,(H,16,19)(H,17,18). The molecule has 1 rings (SSSR count). The van der Waals surface area contributed by atoms with Gasteiger partial charge in [-0.3, -0.25) is 9.59 Å². The van der Waals surface area contributed by atoms with Gasteiger partial charge in [-0.1, -0.05) is 20.8 Å². The van der Waals surface area contributed by atoms with E-state index in [2.05, 4.69) is 24.5 Å². The van der Waals surface area contributed by atoms with E-state index in [1.807, 2.05) is 0 Å². The first-order valence-corrected chi connectivity index (χ1v) is 7.12. The first-order valence-electron chi connectivity index (χ1n) is 7.12. The molecule has 0 spiro atoms. The molecule has 19 heavy (non-hydrogen) atoms. The molecule has 5 nitrogen and oxygen atoms in total. The molecule has 110 valence electrons. The third-order valence-corrected chi connectivity index (χ3v) is 4.27. The van der Waals surface area contributed by atoms with Crippen LogP contribution in [0.5, 0.6) is 0 Å². The third kappa shape index (κ3) is 3.93. The number of carbonyl (C=O) groups is 2. The van der Waals surface area contributed by atoms with E-state index in [0.717, 1.165) is 19.5 Å². The van der Waals surface area contributed by atoms with Gasteiger partial charge in [0.15, 0.2) is 0 Å². The zero-order valence-corrected chi connectivity index (χ0v) is 12.2. The van der Waals surface area contributed by atoms with Crippen molar-refractivity contribution in [2.75, 3.05) is 19.6 Å². The van der Waals surface area contributed by atoms with Gasteiger partial charge in [0.05, 0.1) is 11.3 Å². The molecule has 2 atom stereocenters. The minimum atomic E-state index is -0.773. The zero-order valence-electron chi connectivity index (χ0n) is 12.2. The second-order valence-electron chi connectivity index (χ2n) is 5.88. The van der Waals surface area contributed by atoms with Gasteiger partial charge in [-0.15, -0.1) is 0 Å². The number of amides is 1. The van der Waals surface area contributed by atoms with E-state index in [-0.39, 0.29) is 17.2 Å². The van der Waals surface area contributed by atoms with Crippen molar-refractivity contribution in [1.82, 2.24) is 10.6 Å². The van der Waals surface area contributed by atoms with Crippen LogP contribution in [0.15, 0.2) is 0 Å². The molecule has 1 saturated heterocycles. The summed E-state index contributed by atoms with van der Waals surface area (Å²) in [6.07, 6.45) is 2.19. The second kappa shape index (κ2) is 6.89. The summed E-state index contributed by atoms with van der Waals surface area (Å²) in [6.45, 7) is 8.05. The lowest BCUT2D eigenvalue weighted by Crippen LogP contribution is -2.46. The first kappa shape index (κ1) is 16.0. The number of carbonyl (C=O) groups excluding carboxylic acids is 1. The number of carboxylic acids is 1. The van der Waals surface area contributed by atoms with E-state index in [4.69, 9.17) is 5.11 Å². The maximum atomic E-state index is 12.3. The summed E-state index contributed by atoms with van der Waals surface area (Å²) in [4.78, 5) is 23.0. The molecular formula is C14H26N2O3. The van der Waals surface area contributed by atoms with Crippen molar-refractivity contribution in [2.24, 2.45) is 17.3 Å². The largest absolute Gasteiger partial charge is 0.481 e. The van der Waals surface area contributed by atoms with Crippen LogP contribution in [0.3, 0.4) is 0 Å². The summed E-state index contributed by atoms with van der Waals surface area (Å²) in [7, 11) is 0. The van der Waals surface area contributed by atoms with E-state index < -0.39 is 5.97 Å². The Kier molecular flexibility index (Phi) is 5.79. The minimum absolute atomic E-state index is 0.107. The van der Waals surface area contributed by atoms with E-state index in [0.29, 0.717) is 25.3 Å².